The minimum atomic E-state index is -4.79. The largest absolute Gasteiger partial charge is 0.421 e. The normalized spacial score (nSPS) is 20.7. The first kappa shape index (κ1) is 21.6. The summed E-state index contributed by atoms with van der Waals surface area (Å²) >= 11 is 0. The van der Waals surface area contributed by atoms with Crippen LogP contribution >= 0.6 is 0 Å². The van der Waals surface area contributed by atoms with Crippen LogP contribution in [0.2, 0.25) is 0 Å². The summed E-state index contributed by atoms with van der Waals surface area (Å²) in [6, 6.07) is 7.54. The number of likely N-dealkylation sites (tertiary alicyclic amines) is 1. The van der Waals surface area contributed by atoms with Crippen molar-refractivity contribution in [3.05, 3.63) is 35.4 Å². The zero-order valence-electron chi connectivity index (χ0n) is 16.5. The average molecular weight is 409 g/mol. The lowest BCUT2D eigenvalue weighted by Gasteiger charge is -2.38. The molecule has 1 heterocycles. The minimum Gasteiger partial charge on any atom is -0.376 e. The summed E-state index contributed by atoms with van der Waals surface area (Å²) in [6.07, 6.45) is -0.756. The van der Waals surface area contributed by atoms with Gasteiger partial charge in [0.15, 0.2) is 5.60 Å². The number of hydrogen-bond acceptors (Lipinski definition) is 4. The second-order valence-corrected chi connectivity index (χ2v) is 8.07. The summed E-state index contributed by atoms with van der Waals surface area (Å²) in [6.45, 7) is 3.11. The number of hydrogen-bond donors (Lipinski definition) is 1. The summed E-state index contributed by atoms with van der Waals surface area (Å²) in [5, 5.41) is 18.5. The molecule has 1 saturated carbocycles. The molecule has 0 radical (unpaired) electrons. The van der Waals surface area contributed by atoms with Gasteiger partial charge in [-0.05, 0) is 50.3 Å². The molecule has 1 aromatic carbocycles. The second kappa shape index (κ2) is 8.33. The van der Waals surface area contributed by atoms with Crippen molar-refractivity contribution in [1.29, 1.82) is 5.26 Å². The third kappa shape index (κ3) is 4.73. The fourth-order valence-corrected chi connectivity index (χ4v) is 3.86. The minimum absolute atomic E-state index is 0.103. The number of amides is 1. The molecule has 0 spiro atoms. The lowest BCUT2D eigenvalue weighted by molar-refractivity contribution is -0.258. The van der Waals surface area contributed by atoms with E-state index in [-0.39, 0.29) is 23.6 Å². The van der Waals surface area contributed by atoms with Crippen LogP contribution in [0.15, 0.2) is 24.3 Å². The molecule has 1 N–H and O–H groups in total. The average Bonchev–Trinajstić information content (AvgIpc) is 3.51. The predicted molar refractivity (Wildman–Crippen MR) is 101 cm³/mol. The molecule has 3 rings (SSSR count). The zero-order valence-corrected chi connectivity index (χ0v) is 16.5. The number of carbonyl (C=O) groups excluding carboxylic acids is 1. The summed E-state index contributed by atoms with van der Waals surface area (Å²) in [5.41, 5.74) is -2.91. The molecule has 2 fully saturated rings. The van der Waals surface area contributed by atoms with Crippen molar-refractivity contribution in [2.75, 3.05) is 19.6 Å². The molecule has 1 amide bonds. The monoisotopic (exact) mass is 409 g/mol. The number of aliphatic hydroxyl groups is 1. The van der Waals surface area contributed by atoms with Crippen LogP contribution < -0.4 is 0 Å². The molecule has 1 atom stereocenters. The number of alkyl halides is 3. The first-order chi connectivity index (χ1) is 13.6. The maximum absolute atomic E-state index is 13.1. The third-order valence-electron chi connectivity index (χ3n) is 5.91. The summed E-state index contributed by atoms with van der Waals surface area (Å²) in [7, 11) is 0. The van der Waals surface area contributed by atoms with Crippen LogP contribution in [-0.2, 0) is 5.60 Å². The second-order valence-electron chi connectivity index (χ2n) is 8.07. The molecule has 8 heteroatoms. The zero-order chi connectivity index (χ0) is 21.2. The van der Waals surface area contributed by atoms with Gasteiger partial charge >= 0.3 is 6.18 Å². The maximum Gasteiger partial charge on any atom is 0.421 e. The van der Waals surface area contributed by atoms with Crippen molar-refractivity contribution in [1.82, 2.24) is 9.80 Å². The predicted octanol–water partition coefficient (Wildman–Crippen LogP) is 3.44. The SMILES string of the molecule is C[C@](O)(c1ccc(C(=O)N(C2CC2)C2CCN(CCC#N)CC2)cc1)C(F)(F)F. The molecular weight excluding hydrogens is 383 g/mol. The first-order valence-corrected chi connectivity index (χ1v) is 9.96. The Morgan fingerprint density at radius 3 is 2.21 bits per heavy atom. The Labute approximate surface area is 168 Å². The van der Waals surface area contributed by atoms with Crippen molar-refractivity contribution in [3.8, 4) is 6.07 Å². The van der Waals surface area contributed by atoms with Crippen molar-refractivity contribution in [2.24, 2.45) is 0 Å². The van der Waals surface area contributed by atoms with E-state index in [9.17, 15) is 23.1 Å². The highest BCUT2D eigenvalue weighted by atomic mass is 19.4. The Balaban J connectivity index is 1.70. The van der Waals surface area contributed by atoms with E-state index in [0.29, 0.717) is 18.9 Å². The first-order valence-electron chi connectivity index (χ1n) is 9.96. The van der Waals surface area contributed by atoms with Crippen molar-refractivity contribution in [2.45, 2.75) is 62.9 Å². The molecular formula is C21H26F3N3O2. The summed E-state index contributed by atoms with van der Waals surface area (Å²) in [4.78, 5) is 17.2. The highest BCUT2D eigenvalue weighted by Crippen LogP contribution is 2.39. The topological polar surface area (TPSA) is 67.6 Å². The third-order valence-corrected chi connectivity index (χ3v) is 5.91. The van der Waals surface area contributed by atoms with Gasteiger partial charge in [-0.2, -0.15) is 18.4 Å². The van der Waals surface area contributed by atoms with Gasteiger partial charge in [0.2, 0.25) is 0 Å². The van der Waals surface area contributed by atoms with E-state index in [1.807, 2.05) is 4.90 Å². The summed E-state index contributed by atoms with van der Waals surface area (Å²) in [5.74, 6) is -0.166. The van der Waals surface area contributed by atoms with E-state index in [0.717, 1.165) is 45.3 Å². The van der Waals surface area contributed by atoms with E-state index in [1.54, 1.807) is 0 Å². The van der Waals surface area contributed by atoms with Gasteiger partial charge in [0.25, 0.3) is 5.91 Å². The molecule has 0 aromatic heterocycles. The number of piperidine rings is 1. The fraction of sp³-hybridized carbons (Fsp3) is 0.619. The van der Waals surface area contributed by atoms with E-state index >= 15 is 0 Å². The number of benzene rings is 1. The van der Waals surface area contributed by atoms with Crippen LogP contribution in [-0.4, -0.2) is 58.7 Å². The number of nitrogens with zero attached hydrogens (tertiary/aromatic N) is 3. The molecule has 1 aliphatic carbocycles. The van der Waals surface area contributed by atoms with E-state index in [4.69, 9.17) is 5.26 Å². The lowest BCUT2D eigenvalue weighted by atomic mass is 9.94. The molecule has 29 heavy (non-hydrogen) atoms. The Bertz CT molecular complexity index is 759. The van der Waals surface area contributed by atoms with Gasteiger partial charge in [-0.3, -0.25) is 4.79 Å². The highest BCUT2D eigenvalue weighted by molar-refractivity contribution is 5.95. The van der Waals surface area contributed by atoms with Crippen molar-refractivity contribution >= 4 is 5.91 Å². The molecule has 158 valence electrons. The van der Waals surface area contributed by atoms with Crippen molar-refractivity contribution in [3.63, 3.8) is 0 Å². The smallest absolute Gasteiger partial charge is 0.376 e. The van der Waals surface area contributed by atoms with Gasteiger partial charge in [-0.1, -0.05) is 12.1 Å². The van der Waals surface area contributed by atoms with Gasteiger partial charge in [-0.25, -0.2) is 0 Å². The van der Waals surface area contributed by atoms with Gasteiger partial charge in [0.1, 0.15) is 0 Å². The van der Waals surface area contributed by atoms with E-state index in [1.165, 1.54) is 24.3 Å². The van der Waals surface area contributed by atoms with Gasteiger partial charge in [-0.15, -0.1) is 0 Å². The standard InChI is InChI=1S/C21H26F3N3O2/c1-20(29,21(22,23)24)16-5-3-15(4-6-16)19(28)27(17-7-8-17)18-9-13-26(14-10-18)12-2-11-25/h3-6,17-18,29H,2,7-10,12-14H2,1H3/t20-/m0/s1. The van der Waals surface area contributed by atoms with E-state index in [2.05, 4.69) is 11.0 Å². The lowest BCUT2D eigenvalue weighted by Crippen LogP contribution is -2.48. The number of carbonyl (C=O) groups is 1. The molecule has 0 bridgehead atoms. The maximum atomic E-state index is 13.1. The summed E-state index contributed by atoms with van der Waals surface area (Å²) < 4.78 is 39.1. The molecule has 1 saturated heterocycles. The molecule has 1 aromatic rings. The number of nitriles is 1. The van der Waals surface area contributed by atoms with Crippen LogP contribution in [0.1, 0.15) is 54.9 Å². The highest BCUT2D eigenvalue weighted by Gasteiger charge is 2.51. The molecule has 5 nitrogen and oxygen atoms in total. The van der Waals surface area contributed by atoms with Crippen LogP contribution in [0.3, 0.4) is 0 Å². The van der Waals surface area contributed by atoms with E-state index < -0.39 is 11.8 Å². The quantitative estimate of drug-likeness (QED) is 0.782. The fourth-order valence-electron chi connectivity index (χ4n) is 3.86. The Morgan fingerprint density at radius 1 is 1.17 bits per heavy atom. The Kier molecular flexibility index (Phi) is 6.20. The van der Waals surface area contributed by atoms with Gasteiger partial charge in [0, 0.05) is 43.7 Å². The Hall–Kier alpha value is -2.11. The van der Waals surface area contributed by atoms with Crippen LogP contribution in [0.4, 0.5) is 13.2 Å². The molecule has 0 unspecified atom stereocenters. The number of halogens is 3. The van der Waals surface area contributed by atoms with Crippen molar-refractivity contribution < 1.29 is 23.1 Å². The van der Waals surface area contributed by atoms with Crippen LogP contribution in [0, 0.1) is 11.3 Å². The van der Waals surface area contributed by atoms with Gasteiger partial charge in [0.05, 0.1) is 6.07 Å². The number of rotatable bonds is 6. The molecule has 1 aliphatic heterocycles. The molecule has 2 aliphatic rings. The van der Waals surface area contributed by atoms with Crippen LogP contribution in [0.25, 0.3) is 0 Å². The Morgan fingerprint density at radius 2 is 1.72 bits per heavy atom. The van der Waals surface area contributed by atoms with Gasteiger partial charge < -0.3 is 14.9 Å². The van der Waals surface area contributed by atoms with Crippen LogP contribution in [0.5, 0.6) is 0 Å².